The van der Waals surface area contributed by atoms with Crippen LogP contribution in [-0.2, 0) is 38.4 Å². The molecule has 0 radical (unpaired) electrons. The van der Waals surface area contributed by atoms with Crippen LogP contribution in [0.25, 0.3) is 12.2 Å². The largest absolute Gasteiger partial charge is 0.481 e. The maximum absolute atomic E-state index is 12.3. The van der Waals surface area contributed by atoms with Crippen LogP contribution in [0.2, 0.25) is 0 Å². The summed E-state index contributed by atoms with van der Waals surface area (Å²) < 4.78 is 0. The molecule has 2 aliphatic heterocycles. The predicted molar refractivity (Wildman–Crippen MR) is 164 cm³/mol. The van der Waals surface area contributed by atoms with Crippen LogP contribution in [0, 0.1) is 13.8 Å². The molecule has 0 saturated heterocycles. The molecule has 0 aliphatic carbocycles. The van der Waals surface area contributed by atoms with Gasteiger partial charge >= 0.3 is 11.9 Å². The Morgan fingerprint density at radius 1 is 0.698 bits per heavy atom. The van der Waals surface area contributed by atoms with Gasteiger partial charge in [-0.25, -0.2) is 0 Å². The highest BCUT2D eigenvalue weighted by molar-refractivity contribution is 6.02. The normalized spacial score (nSPS) is 16.8. The lowest BCUT2D eigenvalue weighted by molar-refractivity contribution is -0.138. The average molecular weight is 585 g/mol. The molecule has 224 valence electrons. The van der Waals surface area contributed by atoms with Gasteiger partial charge in [-0.3, -0.25) is 19.2 Å². The van der Waals surface area contributed by atoms with Crippen LogP contribution in [0.4, 0.5) is 0 Å². The summed E-state index contributed by atoms with van der Waals surface area (Å²) in [7, 11) is 0. The third-order valence-electron chi connectivity index (χ3n) is 8.11. The summed E-state index contributed by atoms with van der Waals surface area (Å²) >= 11 is 0. The highest BCUT2D eigenvalue weighted by atomic mass is 16.4. The Bertz CT molecular complexity index is 1580. The molecule has 0 unspecified atom stereocenters. The molecule has 4 rings (SSSR count). The zero-order valence-corrected chi connectivity index (χ0v) is 24.8. The van der Waals surface area contributed by atoms with Gasteiger partial charge in [-0.05, 0) is 74.9 Å². The molecule has 6 N–H and O–H groups in total. The van der Waals surface area contributed by atoms with Gasteiger partial charge in [0, 0.05) is 64.3 Å². The number of amides is 2. The van der Waals surface area contributed by atoms with Crippen LogP contribution in [-0.4, -0.2) is 43.9 Å². The smallest absolute Gasteiger partial charge is 0.303 e. The molecular formula is C33H36N4O6. The minimum Gasteiger partial charge on any atom is -0.481 e. The van der Waals surface area contributed by atoms with E-state index in [0.29, 0.717) is 51.5 Å². The van der Waals surface area contributed by atoms with Gasteiger partial charge in [0.05, 0.1) is 11.4 Å². The van der Waals surface area contributed by atoms with Crippen molar-refractivity contribution in [2.24, 2.45) is 0 Å². The third-order valence-corrected chi connectivity index (χ3v) is 8.11. The van der Waals surface area contributed by atoms with Crippen molar-refractivity contribution < 1.29 is 29.4 Å². The number of aromatic amines is 2. The highest BCUT2D eigenvalue weighted by Crippen LogP contribution is 2.31. The Morgan fingerprint density at radius 3 is 1.40 bits per heavy atom. The molecule has 0 saturated carbocycles. The molecule has 2 aromatic rings. The molecule has 10 heteroatoms. The van der Waals surface area contributed by atoms with E-state index in [4.69, 9.17) is 0 Å². The quantitative estimate of drug-likeness (QED) is 0.215. The molecule has 0 aromatic carbocycles. The van der Waals surface area contributed by atoms with Gasteiger partial charge in [0.2, 0.25) is 0 Å². The van der Waals surface area contributed by atoms with Crippen molar-refractivity contribution in [3.05, 3.63) is 104 Å². The molecule has 0 bridgehead atoms. The predicted octanol–water partition coefficient (Wildman–Crippen LogP) is 4.53. The molecule has 0 fully saturated rings. The highest BCUT2D eigenvalue weighted by Gasteiger charge is 2.25. The molecule has 2 aliphatic rings. The second-order valence-corrected chi connectivity index (χ2v) is 10.7. The first-order valence-corrected chi connectivity index (χ1v) is 13.9. The number of carbonyl (C=O) groups is 4. The Hall–Kier alpha value is -5.12. The number of nitrogens with one attached hydrogen (secondary N) is 4. The van der Waals surface area contributed by atoms with Crippen molar-refractivity contribution in [1.29, 1.82) is 0 Å². The minimum absolute atomic E-state index is 0.0628. The minimum atomic E-state index is -0.916. The zero-order valence-electron chi connectivity index (χ0n) is 24.8. The van der Waals surface area contributed by atoms with Crippen LogP contribution in [0.5, 0.6) is 0 Å². The Labute approximate surface area is 249 Å². The van der Waals surface area contributed by atoms with Crippen LogP contribution >= 0.6 is 0 Å². The number of carbonyl (C=O) groups excluding carboxylic acids is 2. The number of carboxylic acid groups (broad SMARTS) is 2. The maximum atomic E-state index is 12.3. The lowest BCUT2D eigenvalue weighted by Crippen LogP contribution is -2.15. The number of carboxylic acids is 2. The molecule has 43 heavy (non-hydrogen) atoms. The number of aliphatic carboxylic acids is 2. The summed E-state index contributed by atoms with van der Waals surface area (Å²) in [6.45, 7) is 15.0. The van der Waals surface area contributed by atoms with E-state index in [0.717, 1.165) is 33.6 Å². The van der Waals surface area contributed by atoms with Gasteiger partial charge in [0.15, 0.2) is 0 Å². The van der Waals surface area contributed by atoms with Gasteiger partial charge in [0.1, 0.15) is 0 Å². The monoisotopic (exact) mass is 584 g/mol. The van der Waals surface area contributed by atoms with E-state index in [9.17, 15) is 29.4 Å². The molecule has 0 spiro atoms. The van der Waals surface area contributed by atoms with E-state index in [1.807, 2.05) is 26.0 Å². The van der Waals surface area contributed by atoms with E-state index < -0.39 is 11.9 Å². The second kappa shape index (κ2) is 12.4. The van der Waals surface area contributed by atoms with Gasteiger partial charge in [-0.15, -0.1) is 0 Å². The number of hydrogen-bond acceptors (Lipinski definition) is 4. The Kier molecular flexibility index (Phi) is 8.89. The molecule has 2 aromatic heterocycles. The van der Waals surface area contributed by atoms with Crippen LogP contribution in [0.3, 0.4) is 0 Å². The summed E-state index contributed by atoms with van der Waals surface area (Å²) in [5.41, 5.74) is 10.2. The fourth-order valence-corrected chi connectivity index (χ4v) is 5.57. The summed E-state index contributed by atoms with van der Waals surface area (Å²) in [5, 5.41) is 24.5. The van der Waals surface area contributed by atoms with Crippen LogP contribution in [0.15, 0.2) is 59.0 Å². The SMILES string of the molecule is C=CC1=C(C)C(=O)NC1=Cc1[nH]c(Cc2[nH]c(C=C3NC(=O)C(C)=C3C=C)c(CCC(=O)O)c2C)c(C)c1CCC(=O)O. The molecule has 0 atom stereocenters. The van der Waals surface area contributed by atoms with Crippen molar-refractivity contribution in [2.75, 3.05) is 0 Å². The number of hydrogen-bond donors (Lipinski definition) is 6. The van der Waals surface area contributed by atoms with E-state index in [1.165, 1.54) is 0 Å². The molecule has 2 amide bonds. The summed E-state index contributed by atoms with van der Waals surface area (Å²) in [4.78, 5) is 54.4. The molecule has 4 heterocycles. The van der Waals surface area contributed by atoms with E-state index in [-0.39, 0.29) is 37.5 Å². The van der Waals surface area contributed by atoms with Crippen molar-refractivity contribution in [3.63, 3.8) is 0 Å². The Balaban J connectivity index is 1.79. The van der Waals surface area contributed by atoms with Crippen molar-refractivity contribution >= 4 is 35.9 Å². The van der Waals surface area contributed by atoms with Crippen LogP contribution in [0.1, 0.15) is 71.7 Å². The Morgan fingerprint density at radius 2 is 1.07 bits per heavy atom. The standard InChI is InChI=1S/C33H36N4O6/c1-7-20-18(5)32(42)36-26(20)14-28-22(9-11-30(38)39)16(3)24(34-28)13-25-17(4)23(10-12-31(40)41)29(35-25)15-27-21(8-2)19(6)33(43)37-27/h7-8,14-15,34-35H,1-2,9-13H2,3-6H3,(H,36,42)(H,37,43)(H,38,39)(H,40,41). The van der Waals surface area contributed by atoms with Crippen molar-refractivity contribution in [2.45, 2.75) is 59.8 Å². The lowest BCUT2D eigenvalue weighted by atomic mass is 9.99. The number of H-pyrrole nitrogens is 2. The van der Waals surface area contributed by atoms with E-state index in [2.05, 4.69) is 33.8 Å². The van der Waals surface area contributed by atoms with E-state index in [1.54, 1.807) is 26.0 Å². The number of rotatable bonds is 12. The summed E-state index contributed by atoms with van der Waals surface area (Å²) in [5.74, 6) is -2.25. The van der Waals surface area contributed by atoms with Gasteiger partial charge < -0.3 is 30.8 Å². The van der Waals surface area contributed by atoms with E-state index >= 15 is 0 Å². The third kappa shape index (κ3) is 6.23. The molecule has 10 nitrogen and oxygen atoms in total. The number of aromatic nitrogens is 2. The number of allylic oxidation sites excluding steroid dienone is 2. The fourth-order valence-electron chi connectivity index (χ4n) is 5.57. The zero-order chi connectivity index (χ0) is 31.6. The van der Waals surface area contributed by atoms with Crippen molar-refractivity contribution in [3.8, 4) is 0 Å². The average Bonchev–Trinajstić information content (AvgIpc) is 3.59. The first kappa shape index (κ1) is 30.8. The van der Waals surface area contributed by atoms with Gasteiger partial charge in [-0.1, -0.05) is 25.3 Å². The summed E-state index contributed by atoms with van der Waals surface area (Å²) in [6.07, 6.45) is 7.73. The fraction of sp³-hybridized carbons (Fsp3) is 0.273. The lowest BCUT2D eigenvalue weighted by Gasteiger charge is -2.04. The van der Waals surface area contributed by atoms with Crippen molar-refractivity contribution in [1.82, 2.24) is 20.6 Å². The van der Waals surface area contributed by atoms with Gasteiger partial charge in [-0.2, -0.15) is 0 Å². The summed E-state index contributed by atoms with van der Waals surface area (Å²) in [6, 6.07) is 0. The van der Waals surface area contributed by atoms with Gasteiger partial charge in [0.25, 0.3) is 11.8 Å². The second-order valence-electron chi connectivity index (χ2n) is 10.7. The first-order chi connectivity index (χ1) is 20.4. The molecular weight excluding hydrogens is 548 g/mol. The first-order valence-electron chi connectivity index (χ1n) is 13.9. The van der Waals surface area contributed by atoms with Crippen LogP contribution < -0.4 is 10.6 Å². The maximum Gasteiger partial charge on any atom is 0.303 e. The topological polar surface area (TPSA) is 164 Å².